The second kappa shape index (κ2) is 11.7. The van der Waals surface area contributed by atoms with Gasteiger partial charge in [-0.2, -0.15) is 0 Å². The minimum absolute atomic E-state index is 0.120. The molecule has 1 atom stereocenters. The molecule has 1 aromatic carbocycles. The fourth-order valence-electron chi connectivity index (χ4n) is 5.60. The normalized spacial score (nSPS) is 15.2. The molecular weight excluding hydrogens is 514 g/mol. The topological polar surface area (TPSA) is 82.8 Å². The zero-order valence-corrected chi connectivity index (χ0v) is 25.0. The number of rotatable bonds is 9. The molecule has 0 spiro atoms. The summed E-state index contributed by atoms with van der Waals surface area (Å²) in [7, 11) is 1.61. The first kappa shape index (κ1) is 29.1. The highest BCUT2D eigenvalue weighted by Crippen LogP contribution is 2.33. The van der Waals surface area contributed by atoms with Gasteiger partial charge in [0.15, 0.2) is 0 Å². The Morgan fingerprint density at radius 1 is 1.10 bits per heavy atom. The van der Waals surface area contributed by atoms with Gasteiger partial charge in [-0.25, -0.2) is 9.36 Å². The second-order valence-corrected chi connectivity index (χ2v) is 12.1. The van der Waals surface area contributed by atoms with Crippen molar-refractivity contribution in [1.29, 1.82) is 0 Å². The van der Waals surface area contributed by atoms with Crippen LogP contribution in [0, 0.1) is 6.92 Å². The van der Waals surface area contributed by atoms with Gasteiger partial charge in [-0.1, -0.05) is 25.1 Å². The number of fused-ring (bicyclic) bond motifs is 1. The molecule has 2 aromatic heterocycles. The van der Waals surface area contributed by atoms with Crippen molar-refractivity contribution < 1.29 is 14.3 Å². The number of ether oxygens (including phenoxy) is 2. The molecule has 0 aliphatic carbocycles. The lowest BCUT2D eigenvalue weighted by molar-refractivity contribution is -0.140. The standard InChI is InChI=1S/C30H41N3O5S/c1-8-24-20(4)25-26(34)33(30(5,6)28(35)31-16-12-9-13-17-31)29(36)32(27(25)39-24)18-23(38-19(2)3)21-14-10-11-15-22(21)37-7/h10-11,14-15,19,23H,8-9,12-13,16-18H2,1-7H3/t23-/m0/s1. The molecule has 39 heavy (non-hydrogen) atoms. The fourth-order valence-corrected chi connectivity index (χ4v) is 6.84. The van der Waals surface area contributed by atoms with E-state index in [0.717, 1.165) is 41.7 Å². The Balaban J connectivity index is 1.96. The van der Waals surface area contributed by atoms with Crippen LogP contribution in [0.1, 0.15) is 76.0 Å². The first-order valence-electron chi connectivity index (χ1n) is 13.9. The van der Waals surface area contributed by atoms with E-state index >= 15 is 0 Å². The molecule has 1 amide bonds. The highest BCUT2D eigenvalue weighted by atomic mass is 32.1. The number of amides is 1. The van der Waals surface area contributed by atoms with Crippen molar-refractivity contribution in [3.63, 3.8) is 0 Å². The van der Waals surface area contributed by atoms with Crippen molar-refractivity contribution in [2.75, 3.05) is 20.2 Å². The Morgan fingerprint density at radius 2 is 1.77 bits per heavy atom. The number of aryl methyl sites for hydroxylation is 2. The molecule has 1 aliphatic heterocycles. The number of para-hydroxylation sites is 1. The lowest BCUT2D eigenvalue weighted by Crippen LogP contribution is -2.57. The van der Waals surface area contributed by atoms with Crippen molar-refractivity contribution in [1.82, 2.24) is 14.0 Å². The number of aromatic nitrogens is 2. The molecule has 9 heteroatoms. The molecule has 4 rings (SSSR count). The van der Waals surface area contributed by atoms with E-state index in [1.807, 2.05) is 52.0 Å². The van der Waals surface area contributed by atoms with E-state index in [2.05, 4.69) is 0 Å². The summed E-state index contributed by atoms with van der Waals surface area (Å²) >= 11 is 1.47. The smallest absolute Gasteiger partial charge is 0.333 e. The zero-order valence-electron chi connectivity index (χ0n) is 24.2. The zero-order chi connectivity index (χ0) is 28.5. The van der Waals surface area contributed by atoms with E-state index in [4.69, 9.17) is 9.47 Å². The molecular formula is C30H41N3O5S. The van der Waals surface area contributed by atoms with Gasteiger partial charge < -0.3 is 14.4 Å². The first-order valence-corrected chi connectivity index (χ1v) is 14.7. The first-order chi connectivity index (χ1) is 18.5. The summed E-state index contributed by atoms with van der Waals surface area (Å²) in [6, 6.07) is 7.62. The molecule has 0 bridgehead atoms. The van der Waals surface area contributed by atoms with Crippen LogP contribution in [-0.4, -0.2) is 46.2 Å². The number of likely N-dealkylation sites (tertiary alicyclic amines) is 1. The van der Waals surface area contributed by atoms with E-state index < -0.39 is 22.9 Å². The van der Waals surface area contributed by atoms with Crippen LogP contribution in [0.25, 0.3) is 10.2 Å². The summed E-state index contributed by atoms with van der Waals surface area (Å²) in [5, 5.41) is 0.499. The van der Waals surface area contributed by atoms with E-state index in [1.165, 1.54) is 15.9 Å². The van der Waals surface area contributed by atoms with Gasteiger partial charge in [0.05, 0.1) is 25.1 Å². The number of methoxy groups -OCH3 is 1. The Morgan fingerprint density at radius 3 is 2.38 bits per heavy atom. The maximum Gasteiger partial charge on any atom is 0.333 e. The minimum Gasteiger partial charge on any atom is -0.496 e. The van der Waals surface area contributed by atoms with Crippen LogP contribution in [-0.2, 0) is 28.0 Å². The molecule has 3 aromatic rings. The lowest BCUT2D eigenvalue weighted by atomic mass is 10.00. The molecule has 8 nitrogen and oxygen atoms in total. The number of piperidine rings is 1. The van der Waals surface area contributed by atoms with Crippen LogP contribution in [0.3, 0.4) is 0 Å². The molecule has 1 saturated heterocycles. The van der Waals surface area contributed by atoms with Gasteiger partial charge in [0, 0.05) is 23.5 Å². The highest BCUT2D eigenvalue weighted by Gasteiger charge is 2.39. The average molecular weight is 556 g/mol. The van der Waals surface area contributed by atoms with Crippen LogP contribution in [0.2, 0.25) is 0 Å². The van der Waals surface area contributed by atoms with Crippen LogP contribution >= 0.6 is 11.3 Å². The van der Waals surface area contributed by atoms with Crippen LogP contribution in [0.15, 0.2) is 33.9 Å². The van der Waals surface area contributed by atoms with Gasteiger partial charge in [0.2, 0.25) is 5.91 Å². The third kappa shape index (κ3) is 5.43. The number of benzene rings is 1. The SMILES string of the molecule is CCc1sc2c(c1C)c(=O)n(C(C)(C)C(=O)N1CCCCC1)c(=O)n2C[C@H](OC(C)C)c1ccccc1OC. The highest BCUT2D eigenvalue weighted by molar-refractivity contribution is 7.18. The van der Waals surface area contributed by atoms with Gasteiger partial charge in [-0.05, 0) is 71.9 Å². The summed E-state index contributed by atoms with van der Waals surface area (Å²) in [5.41, 5.74) is -0.571. The van der Waals surface area contributed by atoms with Crippen molar-refractivity contribution in [3.8, 4) is 5.75 Å². The number of nitrogens with zero attached hydrogens (tertiary/aromatic N) is 3. The molecule has 1 fully saturated rings. The quantitative estimate of drug-likeness (QED) is 0.370. The molecule has 212 valence electrons. The van der Waals surface area contributed by atoms with Crippen LogP contribution < -0.4 is 16.0 Å². The Bertz CT molecular complexity index is 1460. The summed E-state index contributed by atoms with van der Waals surface area (Å²) in [6.07, 6.45) is 3.05. The lowest BCUT2D eigenvalue weighted by Gasteiger charge is -2.35. The summed E-state index contributed by atoms with van der Waals surface area (Å²) < 4.78 is 14.8. The Hall–Kier alpha value is -2.91. The molecule has 3 heterocycles. The number of hydrogen-bond donors (Lipinski definition) is 0. The molecule has 0 saturated carbocycles. The number of thiophene rings is 1. The van der Waals surface area contributed by atoms with Gasteiger partial charge in [0.25, 0.3) is 5.56 Å². The number of hydrogen-bond acceptors (Lipinski definition) is 6. The van der Waals surface area contributed by atoms with Crippen LogP contribution in [0.5, 0.6) is 5.75 Å². The van der Waals surface area contributed by atoms with Crippen molar-refractivity contribution >= 4 is 27.5 Å². The maximum atomic E-state index is 14.3. The maximum absolute atomic E-state index is 14.3. The fraction of sp³-hybridized carbons (Fsp3) is 0.567. The van der Waals surface area contributed by atoms with Gasteiger partial charge >= 0.3 is 5.69 Å². The monoisotopic (exact) mass is 555 g/mol. The largest absolute Gasteiger partial charge is 0.496 e. The van der Waals surface area contributed by atoms with Gasteiger partial charge in [0.1, 0.15) is 22.2 Å². The number of carbonyl (C=O) groups is 1. The van der Waals surface area contributed by atoms with Crippen molar-refractivity contribution in [3.05, 3.63) is 61.1 Å². The molecule has 1 aliphatic rings. The van der Waals surface area contributed by atoms with Crippen molar-refractivity contribution in [2.45, 2.75) is 91.5 Å². The molecule has 0 N–H and O–H groups in total. The molecule has 0 radical (unpaired) electrons. The van der Waals surface area contributed by atoms with E-state index in [1.54, 1.807) is 30.4 Å². The van der Waals surface area contributed by atoms with E-state index in [9.17, 15) is 14.4 Å². The second-order valence-electron chi connectivity index (χ2n) is 11.0. The predicted octanol–water partition coefficient (Wildman–Crippen LogP) is 5.02. The summed E-state index contributed by atoms with van der Waals surface area (Å²) in [4.78, 5) is 45.6. The minimum atomic E-state index is -1.35. The third-order valence-electron chi connectivity index (χ3n) is 7.63. The average Bonchev–Trinajstić information content (AvgIpc) is 3.26. The Kier molecular flexibility index (Phi) is 8.71. The summed E-state index contributed by atoms with van der Waals surface area (Å²) in [5.74, 6) is 0.466. The number of carbonyl (C=O) groups excluding carboxylic acids is 1. The summed E-state index contributed by atoms with van der Waals surface area (Å²) in [6.45, 7) is 12.7. The van der Waals surface area contributed by atoms with Gasteiger partial charge in [-0.15, -0.1) is 11.3 Å². The van der Waals surface area contributed by atoms with E-state index in [0.29, 0.717) is 29.1 Å². The Labute approximate surface area is 234 Å². The van der Waals surface area contributed by atoms with Crippen LogP contribution in [0.4, 0.5) is 0 Å². The predicted molar refractivity (Wildman–Crippen MR) is 156 cm³/mol. The molecule has 0 unspecified atom stereocenters. The van der Waals surface area contributed by atoms with Gasteiger partial charge in [-0.3, -0.25) is 14.2 Å². The van der Waals surface area contributed by atoms with E-state index in [-0.39, 0.29) is 18.6 Å². The third-order valence-corrected chi connectivity index (χ3v) is 9.09. The van der Waals surface area contributed by atoms with Crippen molar-refractivity contribution in [2.24, 2.45) is 0 Å².